The largest absolute Gasteiger partial charge is 0.370 e. The molecule has 4 heteroatoms. The van der Waals surface area contributed by atoms with Crippen molar-refractivity contribution in [2.75, 3.05) is 17.2 Å². The molecule has 0 aliphatic carbocycles. The van der Waals surface area contributed by atoms with E-state index in [4.69, 9.17) is 0 Å². The Morgan fingerprint density at radius 2 is 1.90 bits per heavy atom. The second-order valence-electron chi connectivity index (χ2n) is 5.12. The number of nitrogens with one attached hydrogen (secondary N) is 2. The van der Waals surface area contributed by atoms with Crippen molar-refractivity contribution in [1.29, 1.82) is 0 Å². The van der Waals surface area contributed by atoms with Crippen molar-refractivity contribution in [1.82, 2.24) is 9.97 Å². The van der Waals surface area contributed by atoms with E-state index in [0.717, 1.165) is 30.3 Å². The highest BCUT2D eigenvalue weighted by molar-refractivity contribution is 5.59. The van der Waals surface area contributed by atoms with Crippen LogP contribution >= 0.6 is 0 Å². The Morgan fingerprint density at radius 3 is 2.65 bits per heavy atom. The Hall–Kier alpha value is -2.10. The van der Waals surface area contributed by atoms with Gasteiger partial charge in [-0.1, -0.05) is 32.9 Å². The number of hydrogen-bond donors (Lipinski definition) is 2. The van der Waals surface area contributed by atoms with Crippen molar-refractivity contribution in [3.8, 4) is 0 Å². The van der Waals surface area contributed by atoms with Gasteiger partial charge in [0.25, 0.3) is 0 Å². The highest BCUT2D eigenvalue weighted by Gasteiger charge is 2.02. The molecule has 0 fully saturated rings. The van der Waals surface area contributed by atoms with Gasteiger partial charge >= 0.3 is 0 Å². The highest BCUT2D eigenvalue weighted by Crippen LogP contribution is 2.21. The fraction of sp³-hybridized carbons (Fsp3) is 0.375. The van der Waals surface area contributed by atoms with Crippen LogP contribution in [0.3, 0.4) is 0 Å². The first kappa shape index (κ1) is 14.3. The molecule has 0 amide bonds. The second-order valence-corrected chi connectivity index (χ2v) is 5.12. The Labute approximate surface area is 120 Å². The quantitative estimate of drug-likeness (QED) is 0.827. The van der Waals surface area contributed by atoms with Crippen molar-refractivity contribution in [3.05, 3.63) is 42.2 Å². The van der Waals surface area contributed by atoms with Crippen LogP contribution in [-0.2, 0) is 0 Å². The summed E-state index contributed by atoms with van der Waals surface area (Å²) < 4.78 is 0. The fourth-order valence-corrected chi connectivity index (χ4v) is 1.90. The van der Waals surface area contributed by atoms with Crippen LogP contribution < -0.4 is 10.6 Å². The van der Waals surface area contributed by atoms with Gasteiger partial charge in [0.05, 0.1) is 0 Å². The number of anilines is 3. The molecule has 1 aromatic heterocycles. The molecule has 0 radical (unpaired) electrons. The van der Waals surface area contributed by atoms with Crippen LogP contribution in [0.15, 0.2) is 36.7 Å². The molecule has 0 aliphatic heterocycles. The molecule has 2 rings (SSSR count). The third-order valence-electron chi connectivity index (χ3n) is 3.05. The van der Waals surface area contributed by atoms with Gasteiger partial charge in [0, 0.05) is 18.3 Å². The van der Waals surface area contributed by atoms with Crippen molar-refractivity contribution in [3.63, 3.8) is 0 Å². The number of benzene rings is 1. The zero-order chi connectivity index (χ0) is 14.4. The van der Waals surface area contributed by atoms with E-state index in [9.17, 15) is 0 Å². The zero-order valence-electron chi connectivity index (χ0n) is 12.4. The SMILES string of the molecule is CCCNc1cc(Nc2cccc(C(C)C)c2)ncn1. The van der Waals surface area contributed by atoms with E-state index in [1.54, 1.807) is 6.33 Å². The average molecular weight is 270 g/mol. The fourth-order valence-electron chi connectivity index (χ4n) is 1.90. The number of nitrogens with zero attached hydrogens (tertiary/aromatic N) is 2. The van der Waals surface area contributed by atoms with Gasteiger partial charge in [0.2, 0.25) is 0 Å². The molecule has 0 saturated heterocycles. The standard InChI is InChI=1S/C16H22N4/c1-4-8-17-15-10-16(19-11-18-15)20-14-7-5-6-13(9-14)12(2)3/h5-7,9-12H,4,8H2,1-3H3,(H2,17,18,19,20). The topological polar surface area (TPSA) is 49.8 Å². The lowest BCUT2D eigenvalue weighted by Crippen LogP contribution is -2.03. The molecule has 0 aliphatic rings. The van der Waals surface area contributed by atoms with Crippen molar-refractivity contribution < 1.29 is 0 Å². The van der Waals surface area contributed by atoms with E-state index in [0.29, 0.717) is 5.92 Å². The minimum Gasteiger partial charge on any atom is -0.370 e. The van der Waals surface area contributed by atoms with Crippen LogP contribution in [0.2, 0.25) is 0 Å². The summed E-state index contributed by atoms with van der Waals surface area (Å²) in [5.74, 6) is 2.17. The van der Waals surface area contributed by atoms with Crippen LogP contribution in [0.25, 0.3) is 0 Å². The predicted molar refractivity (Wildman–Crippen MR) is 84.6 cm³/mol. The maximum Gasteiger partial charge on any atom is 0.135 e. The van der Waals surface area contributed by atoms with Gasteiger partial charge in [-0.2, -0.15) is 0 Å². The number of hydrogen-bond acceptors (Lipinski definition) is 4. The van der Waals surface area contributed by atoms with E-state index in [1.807, 2.05) is 12.1 Å². The molecule has 1 heterocycles. The molecule has 0 spiro atoms. The monoisotopic (exact) mass is 270 g/mol. The molecule has 2 N–H and O–H groups in total. The predicted octanol–water partition coefficient (Wildman–Crippen LogP) is 4.17. The first-order valence-corrected chi connectivity index (χ1v) is 7.12. The first-order valence-electron chi connectivity index (χ1n) is 7.12. The molecular formula is C16H22N4. The minimum atomic E-state index is 0.518. The van der Waals surface area contributed by atoms with Crippen LogP contribution in [0.4, 0.5) is 17.3 Å². The summed E-state index contributed by atoms with van der Waals surface area (Å²) in [7, 11) is 0. The van der Waals surface area contributed by atoms with E-state index < -0.39 is 0 Å². The third kappa shape index (κ3) is 3.95. The maximum atomic E-state index is 4.26. The minimum absolute atomic E-state index is 0.518. The van der Waals surface area contributed by atoms with Gasteiger partial charge in [-0.15, -0.1) is 0 Å². The van der Waals surface area contributed by atoms with Crippen molar-refractivity contribution in [2.24, 2.45) is 0 Å². The molecule has 2 aromatic rings. The second kappa shape index (κ2) is 6.89. The normalized spacial score (nSPS) is 10.6. The molecule has 106 valence electrons. The summed E-state index contributed by atoms with van der Waals surface area (Å²) >= 11 is 0. The van der Waals surface area contributed by atoms with Gasteiger partial charge in [0.15, 0.2) is 0 Å². The smallest absolute Gasteiger partial charge is 0.135 e. The molecule has 20 heavy (non-hydrogen) atoms. The van der Waals surface area contributed by atoms with Crippen molar-refractivity contribution in [2.45, 2.75) is 33.1 Å². The summed E-state index contributed by atoms with van der Waals surface area (Å²) in [5, 5.41) is 6.58. The van der Waals surface area contributed by atoms with E-state index in [1.165, 1.54) is 5.56 Å². The molecule has 4 nitrogen and oxygen atoms in total. The Morgan fingerprint density at radius 1 is 1.10 bits per heavy atom. The van der Waals surface area contributed by atoms with Crippen LogP contribution in [0, 0.1) is 0 Å². The molecule has 0 bridgehead atoms. The maximum absolute atomic E-state index is 4.26. The number of aromatic nitrogens is 2. The van der Waals surface area contributed by atoms with Gasteiger partial charge in [-0.05, 0) is 30.0 Å². The third-order valence-corrected chi connectivity index (χ3v) is 3.05. The lowest BCUT2D eigenvalue weighted by atomic mass is 10.0. The molecule has 0 unspecified atom stereocenters. The molecule has 1 aromatic carbocycles. The van der Waals surface area contributed by atoms with Crippen LogP contribution in [0.1, 0.15) is 38.7 Å². The van der Waals surface area contributed by atoms with Crippen LogP contribution in [0.5, 0.6) is 0 Å². The summed E-state index contributed by atoms with van der Waals surface area (Å²) in [4.78, 5) is 8.46. The van der Waals surface area contributed by atoms with E-state index in [2.05, 4.69) is 59.6 Å². The highest BCUT2D eigenvalue weighted by atomic mass is 15.1. The summed E-state index contributed by atoms with van der Waals surface area (Å²) in [6.07, 6.45) is 2.65. The number of rotatable bonds is 6. The van der Waals surface area contributed by atoms with Gasteiger partial charge in [-0.25, -0.2) is 9.97 Å². The lowest BCUT2D eigenvalue weighted by Gasteiger charge is -2.10. The summed E-state index contributed by atoms with van der Waals surface area (Å²) in [5.41, 5.74) is 2.37. The Kier molecular flexibility index (Phi) is 4.93. The van der Waals surface area contributed by atoms with Gasteiger partial charge in [-0.3, -0.25) is 0 Å². The van der Waals surface area contributed by atoms with Gasteiger partial charge < -0.3 is 10.6 Å². The van der Waals surface area contributed by atoms with E-state index in [-0.39, 0.29) is 0 Å². The summed E-state index contributed by atoms with van der Waals surface area (Å²) in [6.45, 7) is 7.43. The zero-order valence-corrected chi connectivity index (χ0v) is 12.4. The van der Waals surface area contributed by atoms with E-state index >= 15 is 0 Å². The lowest BCUT2D eigenvalue weighted by molar-refractivity contribution is 0.867. The van der Waals surface area contributed by atoms with Crippen LogP contribution in [-0.4, -0.2) is 16.5 Å². The first-order chi connectivity index (χ1) is 9.69. The average Bonchev–Trinajstić information content (AvgIpc) is 2.46. The summed E-state index contributed by atoms with van der Waals surface area (Å²) in [6, 6.07) is 10.3. The van der Waals surface area contributed by atoms with Crippen molar-refractivity contribution >= 4 is 17.3 Å². The molecule has 0 saturated carbocycles. The molecule has 0 atom stereocenters. The molecular weight excluding hydrogens is 248 g/mol. The van der Waals surface area contributed by atoms with Gasteiger partial charge in [0.1, 0.15) is 18.0 Å². The Balaban J connectivity index is 2.11. The Bertz CT molecular complexity index is 552.